The zero-order valence-electron chi connectivity index (χ0n) is 12.5. The maximum Gasteiger partial charge on any atom is 0.128 e. The van der Waals surface area contributed by atoms with Gasteiger partial charge in [-0.1, -0.05) is 18.2 Å². The van der Waals surface area contributed by atoms with Crippen LogP contribution in [0.5, 0.6) is 0 Å². The van der Waals surface area contributed by atoms with Crippen molar-refractivity contribution >= 4 is 11.5 Å². The molecule has 4 nitrogen and oxygen atoms in total. The Kier molecular flexibility index (Phi) is 4.06. The molecule has 110 valence electrons. The molecule has 0 aliphatic carbocycles. The van der Waals surface area contributed by atoms with Gasteiger partial charge in [0.05, 0.1) is 0 Å². The number of aromatic nitrogens is 1. The molecule has 0 unspecified atom stereocenters. The van der Waals surface area contributed by atoms with E-state index in [9.17, 15) is 0 Å². The van der Waals surface area contributed by atoms with E-state index in [0.29, 0.717) is 0 Å². The van der Waals surface area contributed by atoms with Crippen LogP contribution in [-0.2, 0) is 6.54 Å². The van der Waals surface area contributed by atoms with Crippen LogP contribution in [0.25, 0.3) is 0 Å². The van der Waals surface area contributed by atoms with Crippen molar-refractivity contribution in [3.8, 4) is 0 Å². The summed E-state index contributed by atoms with van der Waals surface area (Å²) in [6, 6.07) is 12.4. The highest BCUT2D eigenvalue weighted by atomic mass is 15.3. The zero-order chi connectivity index (χ0) is 14.7. The molecular weight excluding hydrogens is 260 g/mol. The zero-order valence-corrected chi connectivity index (χ0v) is 12.5. The Balaban J connectivity index is 1.57. The van der Waals surface area contributed by atoms with E-state index in [-0.39, 0.29) is 0 Å². The fourth-order valence-corrected chi connectivity index (χ4v) is 2.77. The van der Waals surface area contributed by atoms with Crippen molar-refractivity contribution in [3.63, 3.8) is 0 Å². The van der Waals surface area contributed by atoms with Crippen LogP contribution in [-0.4, -0.2) is 36.1 Å². The summed E-state index contributed by atoms with van der Waals surface area (Å²) in [5, 5.41) is 0. The Hall–Kier alpha value is -2.07. The van der Waals surface area contributed by atoms with Crippen molar-refractivity contribution < 1.29 is 0 Å². The van der Waals surface area contributed by atoms with E-state index < -0.39 is 0 Å². The molecule has 2 N–H and O–H groups in total. The second-order valence-electron chi connectivity index (χ2n) is 5.64. The molecule has 2 heterocycles. The van der Waals surface area contributed by atoms with Gasteiger partial charge in [0.2, 0.25) is 0 Å². The Morgan fingerprint density at radius 1 is 1.10 bits per heavy atom. The van der Waals surface area contributed by atoms with Gasteiger partial charge in [-0.2, -0.15) is 0 Å². The van der Waals surface area contributed by atoms with Crippen molar-refractivity contribution in [3.05, 3.63) is 53.7 Å². The highest BCUT2D eigenvalue weighted by Gasteiger charge is 2.17. The van der Waals surface area contributed by atoms with Crippen molar-refractivity contribution in [2.75, 3.05) is 36.8 Å². The van der Waals surface area contributed by atoms with Crippen molar-refractivity contribution in [1.29, 1.82) is 0 Å². The fraction of sp³-hybridized carbons (Fsp3) is 0.353. The number of hydrogen-bond donors (Lipinski definition) is 1. The van der Waals surface area contributed by atoms with Gasteiger partial charge in [0, 0.05) is 44.6 Å². The number of anilines is 2. The predicted octanol–water partition coefficient (Wildman–Crippen LogP) is 2.29. The van der Waals surface area contributed by atoms with Crippen LogP contribution >= 0.6 is 0 Å². The molecular formula is C17H22N4. The molecule has 2 aromatic rings. The van der Waals surface area contributed by atoms with Crippen LogP contribution in [0.2, 0.25) is 0 Å². The van der Waals surface area contributed by atoms with Gasteiger partial charge in [0.15, 0.2) is 0 Å². The number of benzene rings is 1. The minimum absolute atomic E-state index is 0.874. The summed E-state index contributed by atoms with van der Waals surface area (Å²) in [7, 11) is 0. The number of piperazine rings is 1. The Bertz CT molecular complexity index is 589. The summed E-state index contributed by atoms with van der Waals surface area (Å²) in [5.74, 6) is 1.08. The Labute approximate surface area is 126 Å². The molecule has 21 heavy (non-hydrogen) atoms. The molecule has 1 aliphatic rings. The third-order valence-corrected chi connectivity index (χ3v) is 4.09. The molecule has 0 saturated carbocycles. The number of rotatable bonds is 3. The van der Waals surface area contributed by atoms with Crippen LogP contribution in [0.3, 0.4) is 0 Å². The fourth-order valence-electron chi connectivity index (χ4n) is 2.77. The highest BCUT2D eigenvalue weighted by Crippen LogP contribution is 2.17. The summed E-state index contributed by atoms with van der Waals surface area (Å²) in [4.78, 5) is 9.27. The monoisotopic (exact) mass is 282 g/mol. The smallest absolute Gasteiger partial charge is 0.128 e. The van der Waals surface area contributed by atoms with Crippen molar-refractivity contribution in [2.45, 2.75) is 13.5 Å². The third-order valence-electron chi connectivity index (χ3n) is 4.09. The quantitative estimate of drug-likeness (QED) is 0.877. The van der Waals surface area contributed by atoms with E-state index in [1.807, 2.05) is 24.4 Å². The maximum atomic E-state index is 5.88. The van der Waals surface area contributed by atoms with Crippen LogP contribution in [0.15, 0.2) is 42.6 Å². The number of nitrogens with zero attached hydrogens (tertiary/aromatic N) is 3. The molecule has 0 amide bonds. The minimum atomic E-state index is 0.874. The highest BCUT2D eigenvalue weighted by molar-refractivity contribution is 5.47. The average molecular weight is 282 g/mol. The second kappa shape index (κ2) is 6.14. The predicted molar refractivity (Wildman–Crippen MR) is 87.3 cm³/mol. The van der Waals surface area contributed by atoms with Gasteiger partial charge < -0.3 is 10.6 Å². The number of aryl methyl sites for hydroxylation is 1. The Morgan fingerprint density at radius 3 is 2.57 bits per heavy atom. The van der Waals surface area contributed by atoms with Crippen LogP contribution in [0, 0.1) is 6.92 Å². The lowest BCUT2D eigenvalue weighted by Gasteiger charge is -2.35. The van der Waals surface area contributed by atoms with E-state index in [2.05, 4.69) is 39.9 Å². The molecule has 0 atom stereocenters. The summed E-state index contributed by atoms with van der Waals surface area (Å²) in [6.45, 7) is 7.27. The lowest BCUT2D eigenvalue weighted by Crippen LogP contribution is -2.46. The van der Waals surface area contributed by atoms with Gasteiger partial charge in [-0.25, -0.2) is 4.98 Å². The molecule has 1 aromatic heterocycles. The van der Waals surface area contributed by atoms with E-state index >= 15 is 0 Å². The molecule has 1 aromatic carbocycles. The van der Waals surface area contributed by atoms with Gasteiger partial charge in [0.25, 0.3) is 0 Å². The van der Waals surface area contributed by atoms with E-state index in [1.54, 1.807) is 0 Å². The number of nitrogen functional groups attached to an aromatic ring is 1. The first-order valence-electron chi connectivity index (χ1n) is 7.46. The van der Waals surface area contributed by atoms with Gasteiger partial charge >= 0.3 is 0 Å². The van der Waals surface area contributed by atoms with Gasteiger partial charge in [-0.05, 0) is 36.2 Å². The molecule has 0 radical (unpaired) electrons. The van der Waals surface area contributed by atoms with Crippen molar-refractivity contribution in [2.24, 2.45) is 0 Å². The largest absolute Gasteiger partial charge is 0.399 e. The first-order valence-corrected chi connectivity index (χ1v) is 7.46. The SMILES string of the molecule is Cc1cc(CN2CCN(c3ccccn3)CC2)ccc1N. The van der Waals surface area contributed by atoms with E-state index in [0.717, 1.165) is 44.2 Å². The number of pyridine rings is 1. The lowest BCUT2D eigenvalue weighted by atomic mass is 10.1. The van der Waals surface area contributed by atoms with Gasteiger partial charge in [-0.15, -0.1) is 0 Å². The molecule has 0 bridgehead atoms. The number of nitrogens with two attached hydrogens (primary N) is 1. The van der Waals surface area contributed by atoms with E-state index in [1.165, 1.54) is 11.1 Å². The summed E-state index contributed by atoms with van der Waals surface area (Å²) in [5.41, 5.74) is 9.26. The molecule has 1 saturated heterocycles. The summed E-state index contributed by atoms with van der Waals surface area (Å²) in [6.07, 6.45) is 1.86. The number of hydrogen-bond acceptors (Lipinski definition) is 4. The Morgan fingerprint density at radius 2 is 1.90 bits per heavy atom. The normalized spacial score (nSPS) is 16.1. The van der Waals surface area contributed by atoms with E-state index in [4.69, 9.17) is 5.73 Å². The summed E-state index contributed by atoms with van der Waals surface area (Å²) < 4.78 is 0. The molecule has 0 spiro atoms. The molecule has 1 aliphatic heterocycles. The third kappa shape index (κ3) is 3.34. The minimum Gasteiger partial charge on any atom is -0.399 e. The van der Waals surface area contributed by atoms with Crippen LogP contribution < -0.4 is 10.6 Å². The molecule has 1 fully saturated rings. The topological polar surface area (TPSA) is 45.4 Å². The molecule has 3 rings (SSSR count). The average Bonchev–Trinajstić information content (AvgIpc) is 2.53. The maximum absolute atomic E-state index is 5.88. The second-order valence-corrected chi connectivity index (χ2v) is 5.64. The van der Waals surface area contributed by atoms with Crippen LogP contribution in [0.4, 0.5) is 11.5 Å². The van der Waals surface area contributed by atoms with Gasteiger partial charge in [-0.3, -0.25) is 4.90 Å². The van der Waals surface area contributed by atoms with Crippen molar-refractivity contribution in [1.82, 2.24) is 9.88 Å². The lowest BCUT2D eigenvalue weighted by molar-refractivity contribution is 0.249. The first kappa shape index (κ1) is 13.9. The molecule has 4 heteroatoms. The first-order chi connectivity index (χ1) is 10.2. The van der Waals surface area contributed by atoms with Gasteiger partial charge in [0.1, 0.15) is 5.82 Å². The standard InChI is InChI=1S/C17H22N4/c1-14-12-15(5-6-16(14)18)13-20-8-10-21(11-9-20)17-4-2-3-7-19-17/h2-7,12H,8-11,13,18H2,1H3. The van der Waals surface area contributed by atoms with Crippen LogP contribution in [0.1, 0.15) is 11.1 Å². The summed E-state index contributed by atoms with van der Waals surface area (Å²) >= 11 is 0.